The van der Waals surface area contributed by atoms with Gasteiger partial charge in [0.2, 0.25) is 5.82 Å². The summed E-state index contributed by atoms with van der Waals surface area (Å²) in [5, 5.41) is 2.56. The SMILES string of the molecule is CNc1cc(-n2ccnc2)nc(C(F)(F)F)n1. The molecule has 2 aromatic rings. The third kappa shape index (κ3) is 2.35. The van der Waals surface area contributed by atoms with Crippen LogP contribution in [-0.2, 0) is 6.18 Å². The molecule has 8 heteroatoms. The van der Waals surface area contributed by atoms with Crippen molar-refractivity contribution < 1.29 is 13.2 Å². The number of halogens is 3. The number of imidazole rings is 1. The van der Waals surface area contributed by atoms with Gasteiger partial charge in [-0.2, -0.15) is 13.2 Å². The summed E-state index contributed by atoms with van der Waals surface area (Å²) in [6.45, 7) is 0. The maximum Gasteiger partial charge on any atom is 0.451 e. The van der Waals surface area contributed by atoms with Crippen LogP contribution in [0.2, 0.25) is 0 Å². The molecule has 0 saturated carbocycles. The second-order valence-corrected chi connectivity index (χ2v) is 3.15. The van der Waals surface area contributed by atoms with Crippen molar-refractivity contribution in [3.8, 4) is 5.82 Å². The van der Waals surface area contributed by atoms with Gasteiger partial charge in [0.1, 0.15) is 18.0 Å². The van der Waals surface area contributed by atoms with E-state index in [1.54, 1.807) is 0 Å². The highest BCUT2D eigenvalue weighted by Crippen LogP contribution is 2.27. The van der Waals surface area contributed by atoms with Crippen LogP contribution in [-0.4, -0.2) is 26.6 Å². The Kier molecular flexibility index (Phi) is 2.70. The normalized spacial score (nSPS) is 11.5. The van der Waals surface area contributed by atoms with Crippen molar-refractivity contribution in [2.45, 2.75) is 6.18 Å². The first-order valence-electron chi connectivity index (χ1n) is 4.63. The fourth-order valence-corrected chi connectivity index (χ4v) is 1.22. The zero-order valence-corrected chi connectivity index (χ0v) is 8.73. The number of alkyl halides is 3. The molecule has 0 radical (unpaired) electrons. The quantitative estimate of drug-likeness (QED) is 0.872. The van der Waals surface area contributed by atoms with Crippen LogP contribution in [0.15, 0.2) is 24.8 Å². The van der Waals surface area contributed by atoms with E-state index in [4.69, 9.17) is 0 Å². The minimum atomic E-state index is -4.58. The lowest BCUT2D eigenvalue weighted by Gasteiger charge is -2.09. The second-order valence-electron chi connectivity index (χ2n) is 3.15. The molecule has 0 atom stereocenters. The molecule has 0 fully saturated rings. The Labute approximate surface area is 94.3 Å². The minimum Gasteiger partial charge on any atom is -0.373 e. The summed E-state index contributed by atoms with van der Waals surface area (Å²) in [6, 6.07) is 1.40. The highest BCUT2D eigenvalue weighted by Gasteiger charge is 2.35. The molecule has 0 aliphatic rings. The van der Waals surface area contributed by atoms with Gasteiger partial charge >= 0.3 is 6.18 Å². The maximum absolute atomic E-state index is 12.5. The van der Waals surface area contributed by atoms with Crippen LogP contribution in [0, 0.1) is 0 Å². The van der Waals surface area contributed by atoms with Gasteiger partial charge < -0.3 is 5.32 Å². The summed E-state index contributed by atoms with van der Waals surface area (Å²) in [4.78, 5) is 10.5. The van der Waals surface area contributed by atoms with E-state index in [1.807, 2.05) is 0 Å². The molecular weight excluding hydrogens is 235 g/mol. The van der Waals surface area contributed by atoms with E-state index in [0.29, 0.717) is 0 Å². The number of hydrogen-bond acceptors (Lipinski definition) is 4. The first kappa shape index (κ1) is 11.4. The molecule has 0 spiro atoms. The van der Waals surface area contributed by atoms with Gasteiger partial charge in [0.25, 0.3) is 0 Å². The Morgan fingerprint density at radius 2 is 2.06 bits per heavy atom. The van der Waals surface area contributed by atoms with E-state index in [-0.39, 0.29) is 11.6 Å². The van der Waals surface area contributed by atoms with Crippen molar-refractivity contribution in [1.29, 1.82) is 0 Å². The Morgan fingerprint density at radius 3 is 2.59 bits per heavy atom. The largest absolute Gasteiger partial charge is 0.451 e. The van der Waals surface area contributed by atoms with Crippen LogP contribution in [0.3, 0.4) is 0 Å². The molecule has 2 aromatic heterocycles. The first-order valence-corrected chi connectivity index (χ1v) is 4.63. The molecule has 1 N–H and O–H groups in total. The Bertz CT molecular complexity index is 506. The molecular formula is C9H8F3N5. The van der Waals surface area contributed by atoms with E-state index >= 15 is 0 Å². The molecule has 0 bridgehead atoms. The predicted molar refractivity (Wildman–Crippen MR) is 53.7 cm³/mol. The van der Waals surface area contributed by atoms with Gasteiger partial charge in [-0.05, 0) is 0 Å². The molecule has 0 unspecified atom stereocenters. The molecule has 2 rings (SSSR count). The van der Waals surface area contributed by atoms with Gasteiger partial charge in [-0.25, -0.2) is 15.0 Å². The van der Waals surface area contributed by atoms with Gasteiger partial charge in [-0.15, -0.1) is 0 Å². The molecule has 5 nitrogen and oxygen atoms in total. The molecule has 0 aliphatic heterocycles. The fourth-order valence-electron chi connectivity index (χ4n) is 1.22. The third-order valence-electron chi connectivity index (χ3n) is 1.99. The average molecular weight is 243 g/mol. The van der Waals surface area contributed by atoms with Gasteiger partial charge in [0.05, 0.1) is 0 Å². The topological polar surface area (TPSA) is 55.6 Å². The van der Waals surface area contributed by atoms with Crippen molar-refractivity contribution in [3.05, 3.63) is 30.6 Å². The third-order valence-corrected chi connectivity index (χ3v) is 1.99. The summed E-state index contributed by atoms with van der Waals surface area (Å²) >= 11 is 0. The van der Waals surface area contributed by atoms with Crippen LogP contribution >= 0.6 is 0 Å². The number of anilines is 1. The Balaban J connectivity index is 2.54. The fraction of sp³-hybridized carbons (Fsp3) is 0.222. The maximum atomic E-state index is 12.5. The van der Waals surface area contributed by atoms with E-state index in [2.05, 4.69) is 20.3 Å². The zero-order valence-electron chi connectivity index (χ0n) is 8.73. The zero-order chi connectivity index (χ0) is 12.5. The van der Waals surface area contributed by atoms with Crippen LogP contribution < -0.4 is 5.32 Å². The summed E-state index contributed by atoms with van der Waals surface area (Å²) in [7, 11) is 1.49. The van der Waals surface area contributed by atoms with Crippen LogP contribution in [0.25, 0.3) is 5.82 Å². The van der Waals surface area contributed by atoms with E-state index in [0.717, 1.165) is 0 Å². The van der Waals surface area contributed by atoms with Gasteiger partial charge in [0, 0.05) is 25.5 Å². The second kappa shape index (κ2) is 4.04. The van der Waals surface area contributed by atoms with E-state index in [9.17, 15) is 13.2 Å². The van der Waals surface area contributed by atoms with Crippen molar-refractivity contribution >= 4 is 5.82 Å². The number of rotatable bonds is 2. The summed E-state index contributed by atoms with van der Waals surface area (Å²) in [5.41, 5.74) is 0. The molecule has 90 valence electrons. The smallest absolute Gasteiger partial charge is 0.373 e. The summed E-state index contributed by atoms with van der Waals surface area (Å²) in [5.74, 6) is -0.988. The molecule has 2 heterocycles. The monoisotopic (exact) mass is 243 g/mol. The molecule has 0 aliphatic carbocycles. The van der Waals surface area contributed by atoms with Crippen LogP contribution in [0.1, 0.15) is 5.82 Å². The van der Waals surface area contributed by atoms with Gasteiger partial charge in [-0.1, -0.05) is 0 Å². The predicted octanol–water partition coefficient (Wildman–Crippen LogP) is 1.72. The average Bonchev–Trinajstić information content (AvgIpc) is 2.80. The summed E-state index contributed by atoms with van der Waals surface area (Å²) < 4.78 is 39.0. The summed E-state index contributed by atoms with van der Waals surface area (Å²) in [6.07, 6.45) is -0.263. The van der Waals surface area contributed by atoms with E-state index in [1.165, 1.54) is 36.4 Å². The van der Waals surface area contributed by atoms with Crippen molar-refractivity contribution in [3.63, 3.8) is 0 Å². The lowest BCUT2D eigenvalue weighted by Crippen LogP contribution is -2.14. The molecule has 0 aromatic carbocycles. The number of hydrogen-bond donors (Lipinski definition) is 1. The number of aromatic nitrogens is 4. The highest BCUT2D eigenvalue weighted by atomic mass is 19.4. The lowest BCUT2D eigenvalue weighted by molar-refractivity contribution is -0.144. The first-order chi connectivity index (χ1) is 8.00. The van der Waals surface area contributed by atoms with Gasteiger partial charge in [0.15, 0.2) is 0 Å². The molecule has 0 amide bonds. The minimum absolute atomic E-state index is 0.0935. The van der Waals surface area contributed by atoms with Crippen molar-refractivity contribution in [2.75, 3.05) is 12.4 Å². The Hall–Kier alpha value is -2.12. The molecule has 17 heavy (non-hydrogen) atoms. The van der Waals surface area contributed by atoms with E-state index < -0.39 is 12.0 Å². The number of nitrogens with zero attached hydrogens (tertiary/aromatic N) is 4. The standard InChI is InChI=1S/C9H8F3N5/c1-13-6-4-7(17-3-2-14-5-17)16-8(15-6)9(10,11)12/h2-5H,1H3,(H,13,15,16). The Morgan fingerprint density at radius 1 is 1.29 bits per heavy atom. The highest BCUT2D eigenvalue weighted by molar-refractivity contribution is 5.41. The van der Waals surface area contributed by atoms with Crippen LogP contribution in [0.5, 0.6) is 0 Å². The lowest BCUT2D eigenvalue weighted by atomic mass is 10.4. The van der Waals surface area contributed by atoms with Crippen molar-refractivity contribution in [1.82, 2.24) is 19.5 Å². The van der Waals surface area contributed by atoms with Gasteiger partial charge in [-0.3, -0.25) is 4.57 Å². The van der Waals surface area contributed by atoms with Crippen molar-refractivity contribution in [2.24, 2.45) is 0 Å². The van der Waals surface area contributed by atoms with Crippen LogP contribution in [0.4, 0.5) is 19.0 Å². The molecule has 0 saturated heterocycles. The number of nitrogens with one attached hydrogen (secondary N) is 1.